The standard InChI is InChI=1S/C20H27BrO4/c1-14-15-11-12-17(22)18(23)19(15)25-20(24)16(14)10-8-6-4-2-3-5-7-9-13-21/h11-12,22-23H,2-10,13H2,1H3. The minimum Gasteiger partial charge on any atom is -0.504 e. The van der Waals surface area contributed by atoms with Crippen LogP contribution in [-0.2, 0) is 6.42 Å². The minimum atomic E-state index is -0.416. The van der Waals surface area contributed by atoms with E-state index in [0.717, 1.165) is 23.7 Å². The Labute approximate surface area is 157 Å². The van der Waals surface area contributed by atoms with Crippen molar-refractivity contribution in [1.29, 1.82) is 0 Å². The molecule has 0 saturated carbocycles. The fraction of sp³-hybridized carbons (Fsp3) is 0.550. The van der Waals surface area contributed by atoms with Crippen LogP contribution in [0.15, 0.2) is 21.3 Å². The lowest BCUT2D eigenvalue weighted by molar-refractivity contribution is 0.397. The van der Waals surface area contributed by atoms with E-state index in [1.54, 1.807) is 6.07 Å². The Kier molecular flexibility index (Phi) is 7.82. The summed E-state index contributed by atoms with van der Waals surface area (Å²) < 4.78 is 5.25. The first kappa shape index (κ1) is 19.8. The molecular weight excluding hydrogens is 384 g/mol. The van der Waals surface area contributed by atoms with Gasteiger partial charge in [0.25, 0.3) is 0 Å². The first-order valence-corrected chi connectivity index (χ1v) is 10.2. The maximum atomic E-state index is 12.2. The quantitative estimate of drug-likeness (QED) is 0.232. The molecule has 0 aliphatic rings. The van der Waals surface area contributed by atoms with Gasteiger partial charge in [-0.05, 0) is 43.9 Å². The molecular formula is C20H27BrO4. The molecule has 1 heterocycles. The lowest BCUT2D eigenvalue weighted by Gasteiger charge is -2.09. The van der Waals surface area contributed by atoms with E-state index in [1.165, 1.54) is 44.6 Å². The SMILES string of the molecule is Cc1c(CCCCCCCCCCBr)c(=O)oc2c(O)c(O)ccc12. The molecule has 25 heavy (non-hydrogen) atoms. The largest absolute Gasteiger partial charge is 0.504 e. The number of phenols is 2. The molecule has 1 aromatic heterocycles. The van der Waals surface area contributed by atoms with E-state index in [-0.39, 0.29) is 17.1 Å². The number of aryl methyl sites for hydroxylation is 1. The second-order valence-corrected chi connectivity index (χ2v) is 7.36. The number of halogens is 1. The number of aromatic hydroxyl groups is 2. The molecule has 2 rings (SSSR count). The lowest BCUT2D eigenvalue weighted by atomic mass is 10.00. The van der Waals surface area contributed by atoms with Crippen molar-refractivity contribution in [2.24, 2.45) is 0 Å². The zero-order valence-electron chi connectivity index (χ0n) is 14.8. The number of hydrogen-bond donors (Lipinski definition) is 2. The van der Waals surface area contributed by atoms with E-state index in [2.05, 4.69) is 15.9 Å². The summed E-state index contributed by atoms with van der Waals surface area (Å²) in [7, 11) is 0. The third-order valence-corrected chi connectivity index (χ3v) is 5.28. The second-order valence-electron chi connectivity index (χ2n) is 6.57. The van der Waals surface area contributed by atoms with Crippen molar-refractivity contribution >= 4 is 26.9 Å². The molecule has 0 bridgehead atoms. The minimum absolute atomic E-state index is 0.0646. The molecule has 0 atom stereocenters. The number of alkyl halides is 1. The summed E-state index contributed by atoms with van der Waals surface area (Å²) in [5, 5.41) is 21.2. The van der Waals surface area contributed by atoms with Crippen LogP contribution < -0.4 is 5.63 Å². The predicted molar refractivity (Wildman–Crippen MR) is 105 cm³/mol. The van der Waals surface area contributed by atoms with E-state index in [1.807, 2.05) is 6.92 Å². The highest BCUT2D eigenvalue weighted by Crippen LogP contribution is 2.34. The van der Waals surface area contributed by atoms with Crippen molar-refractivity contribution in [2.75, 3.05) is 5.33 Å². The fourth-order valence-electron chi connectivity index (χ4n) is 3.18. The number of hydrogen-bond acceptors (Lipinski definition) is 4. The van der Waals surface area contributed by atoms with Crippen LogP contribution in [0.25, 0.3) is 11.0 Å². The Hall–Kier alpha value is -1.49. The van der Waals surface area contributed by atoms with Gasteiger partial charge in [0.1, 0.15) is 0 Å². The van der Waals surface area contributed by atoms with Gasteiger partial charge in [0.05, 0.1) is 0 Å². The molecule has 0 spiro atoms. The van der Waals surface area contributed by atoms with Crippen LogP contribution in [0, 0.1) is 6.92 Å². The normalized spacial score (nSPS) is 11.3. The molecule has 0 radical (unpaired) electrons. The molecule has 0 fully saturated rings. The Morgan fingerprint density at radius 1 is 0.960 bits per heavy atom. The molecule has 0 aliphatic carbocycles. The monoisotopic (exact) mass is 410 g/mol. The first-order valence-electron chi connectivity index (χ1n) is 9.09. The number of fused-ring (bicyclic) bond motifs is 1. The summed E-state index contributed by atoms with van der Waals surface area (Å²) in [6.07, 6.45) is 10.3. The van der Waals surface area contributed by atoms with Crippen LogP contribution in [0.3, 0.4) is 0 Å². The Morgan fingerprint density at radius 2 is 1.56 bits per heavy atom. The third kappa shape index (κ3) is 5.24. The molecule has 5 heteroatoms. The van der Waals surface area contributed by atoms with E-state index in [0.29, 0.717) is 17.4 Å². The van der Waals surface area contributed by atoms with Crippen LogP contribution in [0.4, 0.5) is 0 Å². The average molecular weight is 411 g/mol. The summed E-state index contributed by atoms with van der Waals surface area (Å²) in [6, 6.07) is 3.10. The number of phenolic OH excluding ortho intramolecular Hbond substituents is 2. The van der Waals surface area contributed by atoms with Gasteiger partial charge in [-0.25, -0.2) is 4.79 Å². The highest BCUT2D eigenvalue weighted by Gasteiger charge is 2.15. The molecule has 4 nitrogen and oxygen atoms in total. The summed E-state index contributed by atoms with van der Waals surface area (Å²) in [5.41, 5.74) is 1.15. The highest BCUT2D eigenvalue weighted by atomic mass is 79.9. The van der Waals surface area contributed by atoms with Crippen molar-refractivity contribution in [1.82, 2.24) is 0 Å². The Balaban J connectivity index is 1.89. The van der Waals surface area contributed by atoms with Crippen LogP contribution in [-0.4, -0.2) is 15.5 Å². The third-order valence-electron chi connectivity index (χ3n) is 4.72. The molecule has 138 valence electrons. The number of unbranched alkanes of at least 4 members (excludes halogenated alkanes) is 7. The van der Waals surface area contributed by atoms with Crippen LogP contribution in [0.2, 0.25) is 0 Å². The van der Waals surface area contributed by atoms with Gasteiger partial charge in [0.2, 0.25) is 5.75 Å². The van der Waals surface area contributed by atoms with Gasteiger partial charge in [0, 0.05) is 16.3 Å². The van der Waals surface area contributed by atoms with E-state index in [4.69, 9.17) is 4.42 Å². The van der Waals surface area contributed by atoms with Gasteiger partial charge < -0.3 is 14.6 Å². The molecule has 0 amide bonds. The summed E-state index contributed by atoms with van der Waals surface area (Å²) >= 11 is 3.45. The molecule has 1 aromatic carbocycles. The van der Waals surface area contributed by atoms with Gasteiger partial charge >= 0.3 is 5.63 Å². The van der Waals surface area contributed by atoms with Crippen molar-refractivity contribution in [3.63, 3.8) is 0 Å². The Bertz CT molecular complexity index is 751. The number of rotatable bonds is 10. The van der Waals surface area contributed by atoms with E-state index in [9.17, 15) is 15.0 Å². The van der Waals surface area contributed by atoms with Gasteiger partial charge in [-0.15, -0.1) is 0 Å². The molecule has 0 unspecified atom stereocenters. The van der Waals surface area contributed by atoms with Gasteiger partial charge in [-0.1, -0.05) is 54.5 Å². The number of benzene rings is 1. The molecule has 0 saturated heterocycles. The van der Waals surface area contributed by atoms with Crippen LogP contribution in [0.1, 0.15) is 62.5 Å². The lowest BCUT2D eigenvalue weighted by Crippen LogP contribution is -2.10. The van der Waals surface area contributed by atoms with E-state index < -0.39 is 5.63 Å². The first-order chi connectivity index (χ1) is 12.1. The topological polar surface area (TPSA) is 70.7 Å². The van der Waals surface area contributed by atoms with Crippen molar-refractivity contribution in [2.45, 2.75) is 64.7 Å². The maximum absolute atomic E-state index is 12.2. The Morgan fingerprint density at radius 3 is 2.20 bits per heavy atom. The predicted octanol–water partition coefficient (Wildman–Crippen LogP) is 5.57. The van der Waals surface area contributed by atoms with Crippen molar-refractivity contribution in [3.05, 3.63) is 33.7 Å². The maximum Gasteiger partial charge on any atom is 0.339 e. The van der Waals surface area contributed by atoms with Crippen molar-refractivity contribution in [3.8, 4) is 11.5 Å². The summed E-state index contributed by atoms with van der Waals surface area (Å²) in [5.74, 6) is -0.650. The van der Waals surface area contributed by atoms with Crippen molar-refractivity contribution < 1.29 is 14.6 Å². The highest BCUT2D eigenvalue weighted by molar-refractivity contribution is 9.09. The van der Waals surface area contributed by atoms with Gasteiger partial charge in [0.15, 0.2) is 11.3 Å². The second kappa shape index (κ2) is 9.85. The molecule has 2 N–H and O–H groups in total. The van der Waals surface area contributed by atoms with Gasteiger partial charge in [-0.3, -0.25) is 0 Å². The van der Waals surface area contributed by atoms with E-state index >= 15 is 0 Å². The molecule has 2 aromatic rings. The smallest absolute Gasteiger partial charge is 0.339 e. The zero-order chi connectivity index (χ0) is 18.2. The van der Waals surface area contributed by atoms with Crippen LogP contribution >= 0.6 is 15.9 Å². The fourth-order valence-corrected chi connectivity index (χ4v) is 3.57. The molecule has 0 aliphatic heterocycles. The zero-order valence-corrected chi connectivity index (χ0v) is 16.4. The average Bonchev–Trinajstić information content (AvgIpc) is 2.59. The van der Waals surface area contributed by atoms with Gasteiger partial charge in [-0.2, -0.15) is 0 Å². The van der Waals surface area contributed by atoms with Crippen LogP contribution in [0.5, 0.6) is 11.5 Å². The summed E-state index contributed by atoms with van der Waals surface area (Å²) in [4.78, 5) is 12.2. The summed E-state index contributed by atoms with van der Waals surface area (Å²) in [6.45, 7) is 1.87.